The van der Waals surface area contributed by atoms with Crippen LogP contribution in [0.5, 0.6) is 0 Å². The van der Waals surface area contributed by atoms with Gasteiger partial charge in [-0.15, -0.1) is 0 Å². The summed E-state index contributed by atoms with van der Waals surface area (Å²) < 4.78 is 5.41. The quantitative estimate of drug-likeness (QED) is 0.677. The van der Waals surface area contributed by atoms with Crippen LogP contribution in [0, 0.1) is 5.92 Å². The standard InChI is InChI=1S/C21H24N2O2/c1-3-14-10-13-11-21(20(24)25-2)18-16(8-9-23(12-13)19(14)21)15-6-4-5-7-17(15)22-18/h4-7,10,13,19,22H,3,8-9,11-12H2,1-2H3/t13?,19-,21+/m1/s1. The number of hydrogen-bond donors (Lipinski definition) is 1. The predicted molar refractivity (Wildman–Crippen MR) is 97.5 cm³/mol. The fraction of sp³-hybridized carbons (Fsp3) is 0.476. The number of piperidine rings is 1. The average molecular weight is 336 g/mol. The molecule has 0 saturated carbocycles. The second-order valence-corrected chi connectivity index (χ2v) is 7.69. The van der Waals surface area contributed by atoms with Gasteiger partial charge in [-0.25, -0.2) is 0 Å². The van der Waals surface area contributed by atoms with E-state index in [1.807, 2.05) is 0 Å². The molecule has 0 spiro atoms. The third-order valence-corrected chi connectivity index (χ3v) is 6.55. The smallest absolute Gasteiger partial charge is 0.319 e. The number of carbonyl (C=O) groups excluding carboxylic acids is 1. The van der Waals surface area contributed by atoms with Gasteiger partial charge in [-0.1, -0.05) is 36.8 Å². The number of nitrogens with zero attached hydrogens (tertiary/aromatic N) is 1. The molecule has 25 heavy (non-hydrogen) atoms. The molecule has 4 atom stereocenters. The molecule has 1 saturated heterocycles. The molecule has 4 bridgehead atoms. The molecule has 3 aliphatic heterocycles. The molecule has 0 amide bonds. The lowest BCUT2D eigenvalue weighted by atomic mass is 9.60. The molecule has 4 aliphatic rings. The third kappa shape index (κ3) is 1.83. The number of nitrogens with one attached hydrogen (secondary N) is 1. The summed E-state index contributed by atoms with van der Waals surface area (Å²) in [6.07, 6.45) is 5.25. The van der Waals surface area contributed by atoms with Crippen molar-refractivity contribution >= 4 is 16.9 Å². The van der Waals surface area contributed by atoms with E-state index < -0.39 is 5.41 Å². The van der Waals surface area contributed by atoms with E-state index in [1.165, 1.54) is 23.6 Å². The van der Waals surface area contributed by atoms with Gasteiger partial charge in [0.1, 0.15) is 5.41 Å². The first-order chi connectivity index (χ1) is 12.2. The third-order valence-electron chi connectivity index (χ3n) is 6.55. The molecular weight excluding hydrogens is 312 g/mol. The van der Waals surface area contributed by atoms with Gasteiger partial charge in [-0.2, -0.15) is 0 Å². The normalized spacial score (nSPS) is 32.9. The Morgan fingerprint density at radius 3 is 3.04 bits per heavy atom. The lowest BCUT2D eigenvalue weighted by Crippen LogP contribution is -2.63. The monoisotopic (exact) mass is 336 g/mol. The molecule has 2 aromatic rings. The first kappa shape index (κ1) is 15.2. The highest BCUT2D eigenvalue weighted by atomic mass is 16.5. The van der Waals surface area contributed by atoms with Gasteiger partial charge in [-0.3, -0.25) is 9.69 Å². The van der Waals surface area contributed by atoms with E-state index >= 15 is 0 Å². The number of aromatic amines is 1. The first-order valence-corrected chi connectivity index (χ1v) is 9.32. The molecule has 1 N–H and O–H groups in total. The molecule has 1 fully saturated rings. The zero-order chi connectivity index (χ0) is 17.2. The van der Waals surface area contributed by atoms with Crippen molar-refractivity contribution in [3.63, 3.8) is 0 Å². The number of H-pyrrole nitrogens is 1. The molecule has 130 valence electrons. The summed E-state index contributed by atoms with van der Waals surface area (Å²) in [6.45, 7) is 4.28. The van der Waals surface area contributed by atoms with E-state index in [-0.39, 0.29) is 12.0 Å². The van der Waals surface area contributed by atoms with Crippen molar-refractivity contribution in [2.24, 2.45) is 5.92 Å². The number of fused-ring (bicyclic) bond motifs is 3. The molecule has 1 aliphatic carbocycles. The number of benzene rings is 1. The van der Waals surface area contributed by atoms with Crippen LogP contribution in [0.4, 0.5) is 0 Å². The molecule has 0 radical (unpaired) electrons. The molecular formula is C21H24N2O2. The summed E-state index contributed by atoms with van der Waals surface area (Å²) in [7, 11) is 1.53. The van der Waals surface area contributed by atoms with Crippen molar-refractivity contribution in [3.05, 3.63) is 47.2 Å². The minimum Gasteiger partial charge on any atom is -0.468 e. The van der Waals surface area contributed by atoms with E-state index in [1.54, 1.807) is 0 Å². The van der Waals surface area contributed by atoms with Crippen LogP contribution in [0.25, 0.3) is 10.9 Å². The lowest BCUT2D eigenvalue weighted by molar-refractivity contribution is -0.153. The van der Waals surface area contributed by atoms with Gasteiger partial charge < -0.3 is 9.72 Å². The topological polar surface area (TPSA) is 45.3 Å². The molecule has 6 rings (SSSR count). The Bertz CT molecular complexity index is 896. The van der Waals surface area contributed by atoms with Crippen molar-refractivity contribution in [1.82, 2.24) is 9.88 Å². The van der Waals surface area contributed by atoms with E-state index in [9.17, 15) is 4.79 Å². The minimum atomic E-state index is -0.595. The number of para-hydroxylation sites is 1. The highest BCUT2D eigenvalue weighted by Crippen LogP contribution is 2.52. The van der Waals surface area contributed by atoms with Crippen LogP contribution < -0.4 is 0 Å². The predicted octanol–water partition coefficient (Wildman–Crippen LogP) is 3.18. The Morgan fingerprint density at radius 1 is 1.40 bits per heavy atom. The first-order valence-electron chi connectivity index (χ1n) is 9.32. The average Bonchev–Trinajstić information content (AvgIpc) is 3.00. The largest absolute Gasteiger partial charge is 0.468 e. The van der Waals surface area contributed by atoms with Crippen LogP contribution in [0.15, 0.2) is 35.9 Å². The fourth-order valence-electron chi connectivity index (χ4n) is 5.71. The summed E-state index contributed by atoms with van der Waals surface area (Å²) in [5.41, 5.74) is 4.36. The van der Waals surface area contributed by atoms with Crippen molar-refractivity contribution < 1.29 is 9.53 Å². The van der Waals surface area contributed by atoms with E-state index in [4.69, 9.17) is 4.74 Å². The van der Waals surface area contributed by atoms with E-state index in [0.29, 0.717) is 5.92 Å². The van der Waals surface area contributed by atoms with Crippen LogP contribution >= 0.6 is 0 Å². The van der Waals surface area contributed by atoms with Gasteiger partial charge in [-0.05, 0) is 36.8 Å². The van der Waals surface area contributed by atoms with Crippen LogP contribution in [0.1, 0.15) is 31.0 Å². The van der Waals surface area contributed by atoms with Crippen molar-refractivity contribution in [2.75, 3.05) is 20.2 Å². The number of hydrogen-bond acceptors (Lipinski definition) is 3. The van der Waals surface area contributed by atoms with Crippen LogP contribution in [-0.2, 0) is 21.4 Å². The van der Waals surface area contributed by atoms with Crippen molar-refractivity contribution in [2.45, 2.75) is 37.6 Å². The van der Waals surface area contributed by atoms with Gasteiger partial charge in [0.15, 0.2) is 0 Å². The molecule has 4 nitrogen and oxygen atoms in total. The second-order valence-electron chi connectivity index (χ2n) is 7.69. The van der Waals surface area contributed by atoms with Crippen LogP contribution in [0.2, 0.25) is 0 Å². The summed E-state index contributed by atoms with van der Waals surface area (Å²) in [5.74, 6) is 0.345. The van der Waals surface area contributed by atoms with Gasteiger partial charge in [0, 0.05) is 29.7 Å². The molecule has 4 heteroatoms. The molecule has 4 heterocycles. The maximum Gasteiger partial charge on any atom is 0.319 e. The summed E-state index contributed by atoms with van der Waals surface area (Å²) in [4.78, 5) is 19.4. The highest BCUT2D eigenvalue weighted by molar-refractivity contribution is 5.92. The number of aromatic nitrogens is 1. The number of carbonyl (C=O) groups is 1. The zero-order valence-electron chi connectivity index (χ0n) is 14.8. The summed E-state index contributed by atoms with van der Waals surface area (Å²) >= 11 is 0. The van der Waals surface area contributed by atoms with Gasteiger partial charge in [0.2, 0.25) is 0 Å². The van der Waals surface area contributed by atoms with Gasteiger partial charge in [0.05, 0.1) is 13.2 Å². The number of rotatable bonds is 2. The Balaban J connectivity index is 1.83. The SMILES string of the molecule is CCC1=CC2CN3CCc4c([nH]c5ccccc45)[C@@](C(=O)OC)(C2)[C@@H]13. The Hall–Kier alpha value is -2.07. The Morgan fingerprint density at radius 2 is 2.24 bits per heavy atom. The molecule has 1 aromatic heterocycles. The maximum absolute atomic E-state index is 13.2. The number of esters is 1. The zero-order valence-corrected chi connectivity index (χ0v) is 14.8. The van der Waals surface area contributed by atoms with Crippen LogP contribution in [-0.4, -0.2) is 42.1 Å². The highest BCUT2D eigenvalue weighted by Gasteiger charge is 2.60. The molecule has 1 aromatic carbocycles. The Labute approximate surface area is 147 Å². The Kier molecular flexibility index (Phi) is 3.17. The fourth-order valence-corrected chi connectivity index (χ4v) is 5.71. The maximum atomic E-state index is 13.2. The summed E-state index contributed by atoms with van der Waals surface area (Å²) in [5, 5.41) is 1.26. The summed E-state index contributed by atoms with van der Waals surface area (Å²) in [6, 6.07) is 8.56. The lowest BCUT2D eigenvalue weighted by Gasteiger charge is -2.53. The minimum absolute atomic E-state index is 0.0824. The van der Waals surface area contributed by atoms with Crippen LogP contribution in [0.3, 0.4) is 0 Å². The van der Waals surface area contributed by atoms with Gasteiger partial charge in [0.25, 0.3) is 0 Å². The van der Waals surface area contributed by atoms with Crippen molar-refractivity contribution in [3.8, 4) is 0 Å². The van der Waals surface area contributed by atoms with E-state index in [0.717, 1.165) is 43.6 Å². The van der Waals surface area contributed by atoms with E-state index in [2.05, 4.69) is 47.1 Å². The number of methoxy groups -OCH3 is 1. The molecule has 2 unspecified atom stereocenters. The second kappa shape index (κ2) is 5.21. The van der Waals surface area contributed by atoms with Gasteiger partial charge >= 0.3 is 5.97 Å². The number of ether oxygens (including phenoxy) is 1. The van der Waals surface area contributed by atoms with Crippen molar-refractivity contribution in [1.29, 1.82) is 0 Å².